The van der Waals surface area contributed by atoms with Gasteiger partial charge in [-0.05, 0) is 18.2 Å². The summed E-state index contributed by atoms with van der Waals surface area (Å²) in [6.45, 7) is 1.74. The summed E-state index contributed by atoms with van der Waals surface area (Å²) in [5.41, 5.74) is 13.5. The summed E-state index contributed by atoms with van der Waals surface area (Å²) in [7, 11) is 0. The van der Waals surface area contributed by atoms with Gasteiger partial charge in [0.25, 0.3) is 0 Å². The largest absolute Gasteiger partial charge is 0.397 e. The van der Waals surface area contributed by atoms with E-state index in [0.29, 0.717) is 11.4 Å². The molecular formula is C9H13ClN4. The van der Waals surface area contributed by atoms with E-state index in [1.807, 2.05) is 12.1 Å². The number of nitrogens with zero attached hydrogens (tertiary/aromatic N) is 1. The summed E-state index contributed by atoms with van der Waals surface area (Å²) in [5.74, 6) is 0.909. The average Bonchev–Trinajstić information content (AvgIpc) is 2.62. The van der Waals surface area contributed by atoms with Gasteiger partial charge in [-0.15, -0.1) is 12.4 Å². The van der Waals surface area contributed by atoms with Gasteiger partial charge >= 0.3 is 0 Å². The first-order valence-electron chi connectivity index (χ1n) is 4.21. The van der Waals surface area contributed by atoms with Crippen LogP contribution in [0.25, 0.3) is 0 Å². The van der Waals surface area contributed by atoms with E-state index in [4.69, 9.17) is 11.5 Å². The fourth-order valence-corrected chi connectivity index (χ4v) is 1.31. The third-order valence-electron chi connectivity index (χ3n) is 2.03. The summed E-state index contributed by atoms with van der Waals surface area (Å²) in [5, 5.41) is 3.17. The molecule has 5 N–H and O–H groups in total. The number of aliphatic imine (C=N–C) groups is 1. The van der Waals surface area contributed by atoms with Crippen LogP contribution in [-0.4, -0.2) is 18.9 Å². The second kappa shape index (κ2) is 4.19. The quantitative estimate of drug-likeness (QED) is 0.598. The van der Waals surface area contributed by atoms with Crippen LogP contribution in [0.5, 0.6) is 0 Å². The average molecular weight is 213 g/mol. The van der Waals surface area contributed by atoms with Gasteiger partial charge in [0, 0.05) is 12.1 Å². The van der Waals surface area contributed by atoms with Crippen LogP contribution in [0.15, 0.2) is 23.2 Å². The van der Waals surface area contributed by atoms with Crippen LogP contribution in [0, 0.1) is 0 Å². The lowest BCUT2D eigenvalue weighted by Gasteiger charge is -2.04. The van der Waals surface area contributed by atoms with Gasteiger partial charge in [0.15, 0.2) is 0 Å². The zero-order valence-electron chi connectivity index (χ0n) is 7.66. The molecular weight excluding hydrogens is 200 g/mol. The van der Waals surface area contributed by atoms with Crippen molar-refractivity contribution in [2.75, 3.05) is 24.6 Å². The van der Waals surface area contributed by atoms with Gasteiger partial charge in [0.1, 0.15) is 5.84 Å². The SMILES string of the molecule is Cl.Nc1ccc(C2=NCCN2)cc1N. The molecule has 0 unspecified atom stereocenters. The van der Waals surface area contributed by atoms with Crippen LogP contribution >= 0.6 is 12.4 Å². The highest BCUT2D eigenvalue weighted by Gasteiger charge is 2.08. The zero-order valence-corrected chi connectivity index (χ0v) is 8.47. The number of hydrogen-bond acceptors (Lipinski definition) is 4. The molecule has 14 heavy (non-hydrogen) atoms. The molecule has 0 spiro atoms. The highest BCUT2D eigenvalue weighted by atomic mass is 35.5. The van der Waals surface area contributed by atoms with Gasteiger partial charge in [-0.2, -0.15) is 0 Å². The summed E-state index contributed by atoms with van der Waals surface area (Å²) in [4.78, 5) is 4.29. The molecule has 0 bridgehead atoms. The summed E-state index contributed by atoms with van der Waals surface area (Å²) >= 11 is 0. The van der Waals surface area contributed by atoms with Gasteiger partial charge in [-0.3, -0.25) is 4.99 Å². The van der Waals surface area contributed by atoms with Crippen molar-refractivity contribution in [2.24, 2.45) is 4.99 Å². The van der Waals surface area contributed by atoms with E-state index in [9.17, 15) is 0 Å². The molecule has 0 amide bonds. The molecule has 1 aliphatic heterocycles. The monoisotopic (exact) mass is 212 g/mol. The number of benzene rings is 1. The van der Waals surface area contributed by atoms with E-state index < -0.39 is 0 Å². The Bertz CT molecular complexity index is 362. The number of rotatable bonds is 1. The Balaban J connectivity index is 0.000000980. The van der Waals surface area contributed by atoms with Gasteiger partial charge < -0.3 is 16.8 Å². The van der Waals surface area contributed by atoms with Crippen LogP contribution in [0.2, 0.25) is 0 Å². The van der Waals surface area contributed by atoms with Gasteiger partial charge in [0.05, 0.1) is 17.9 Å². The maximum absolute atomic E-state index is 5.68. The molecule has 0 fully saturated rings. The molecule has 0 saturated heterocycles. The first-order valence-corrected chi connectivity index (χ1v) is 4.21. The van der Waals surface area contributed by atoms with E-state index in [0.717, 1.165) is 24.5 Å². The lowest BCUT2D eigenvalue weighted by molar-refractivity contribution is 0.960. The lowest BCUT2D eigenvalue weighted by atomic mass is 10.1. The number of anilines is 2. The number of nitrogens with one attached hydrogen (secondary N) is 1. The Labute approximate surface area is 88.8 Å². The van der Waals surface area contributed by atoms with Crippen molar-refractivity contribution >= 4 is 29.6 Å². The maximum Gasteiger partial charge on any atom is 0.128 e. The zero-order chi connectivity index (χ0) is 9.26. The normalized spacial score (nSPS) is 14.1. The predicted molar refractivity (Wildman–Crippen MR) is 61.9 cm³/mol. The minimum absolute atomic E-state index is 0. The Morgan fingerprint density at radius 2 is 2.00 bits per heavy atom. The van der Waals surface area contributed by atoms with E-state index in [1.54, 1.807) is 6.07 Å². The molecule has 0 radical (unpaired) electrons. The summed E-state index contributed by atoms with van der Waals surface area (Å²) in [6.07, 6.45) is 0. The topological polar surface area (TPSA) is 76.4 Å². The molecule has 1 aromatic carbocycles. The van der Waals surface area contributed by atoms with E-state index in [-0.39, 0.29) is 12.4 Å². The standard InChI is InChI=1S/C9H12N4.ClH/c10-7-2-1-6(5-8(7)11)9-12-3-4-13-9;/h1-2,5H,3-4,10-11H2,(H,12,13);1H. The molecule has 1 aliphatic rings. The first-order chi connectivity index (χ1) is 6.27. The predicted octanol–water partition coefficient (Wildman–Crippen LogP) is 0.623. The molecule has 1 aromatic rings. The number of amidine groups is 1. The van der Waals surface area contributed by atoms with Crippen molar-refractivity contribution in [3.05, 3.63) is 23.8 Å². The third-order valence-corrected chi connectivity index (χ3v) is 2.03. The number of hydrogen-bond donors (Lipinski definition) is 3. The first kappa shape index (κ1) is 10.7. The molecule has 76 valence electrons. The molecule has 0 saturated carbocycles. The second-order valence-electron chi connectivity index (χ2n) is 3.00. The van der Waals surface area contributed by atoms with Crippen LogP contribution in [0.1, 0.15) is 5.56 Å². The van der Waals surface area contributed by atoms with Crippen molar-refractivity contribution in [3.8, 4) is 0 Å². The molecule has 0 atom stereocenters. The van der Waals surface area contributed by atoms with Crippen LogP contribution < -0.4 is 16.8 Å². The van der Waals surface area contributed by atoms with E-state index in [1.165, 1.54) is 0 Å². The fourth-order valence-electron chi connectivity index (χ4n) is 1.31. The maximum atomic E-state index is 5.68. The minimum Gasteiger partial charge on any atom is -0.397 e. The Morgan fingerprint density at radius 3 is 2.57 bits per heavy atom. The van der Waals surface area contributed by atoms with Crippen LogP contribution in [0.4, 0.5) is 11.4 Å². The Hall–Kier alpha value is -1.42. The van der Waals surface area contributed by atoms with Crippen molar-refractivity contribution in [1.29, 1.82) is 0 Å². The third kappa shape index (κ3) is 1.90. The van der Waals surface area contributed by atoms with Crippen LogP contribution in [-0.2, 0) is 0 Å². The minimum atomic E-state index is 0. The molecule has 0 aromatic heterocycles. The van der Waals surface area contributed by atoms with Crippen molar-refractivity contribution in [1.82, 2.24) is 5.32 Å². The van der Waals surface area contributed by atoms with Crippen molar-refractivity contribution in [3.63, 3.8) is 0 Å². The van der Waals surface area contributed by atoms with Gasteiger partial charge in [-0.25, -0.2) is 0 Å². The smallest absolute Gasteiger partial charge is 0.128 e. The van der Waals surface area contributed by atoms with Gasteiger partial charge in [0.2, 0.25) is 0 Å². The molecule has 1 heterocycles. The van der Waals surface area contributed by atoms with E-state index >= 15 is 0 Å². The summed E-state index contributed by atoms with van der Waals surface area (Å²) in [6, 6.07) is 5.56. The lowest BCUT2D eigenvalue weighted by Crippen LogP contribution is -2.19. The highest BCUT2D eigenvalue weighted by molar-refractivity contribution is 6.01. The Kier molecular flexibility index (Phi) is 3.19. The number of nitrogen functional groups attached to an aromatic ring is 2. The summed E-state index contributed by atoms with van der Waals surface area (Å²) < 4.78 is 0. The Morgan fingerprint density at radius 1 is 1.21 bits per heavy atom. The fraction of sp³-hybridized carbons (Fsp3) is 0.222. The number of nitrogens with two attached hydrogens (primary N) is 2. The second-order valence-corrected chi connectivity index (χ2v) is 3.00. The highest BCUT2D eigenvalue weighted by Crippen LogP contribution is 2.16. The molecule has 5 heteroatoms. The van der Waals surface area contributed by atoms with E-state index in [2.05, 4.69) is 10.3 Å². The van der Waals surface area contributed by atoms with Crippen LogP contribution in [0.3, 0.4) is 0 Å². The molecule has 0 aliphatic carbocycles. The number of halogens is 1. The van der Waals surface area contributed by atoms with Crippen molar-refractivity contribution < 1.29 is 0 Å². The molecule has 4 nitrogen and oxygen atoms in total. The van der Waals surface area contributed by atoms with Crippen molar-refractivity contribution in [2.45, 2.75) is 0 Å². The van der Waals surface area contributed by atoms with Gasteiger partial charge in [-0.1, -0.05) is 0 Å². The molecule has 2 rings (SSSR count).